The molecule has 0 saturated carbocycles. The maximum absolute atomic E-state index is 12.5. The molecular weight excluding hydrogens is 410 g/mol. The van der Waals surface area contributed by atoms with Gasteiger partial charge in [-0.3, -0.25) is 9.59 Å². The first-order valence-corrected chi connectivity index (χ1v) is 11.0. The van der Waals surface area contributed by atoms with E-state index in [2.05, 4.69) is 10.2 Å². The molecule has 1 fully saturated rings. The monoisotopic (exact) mass is 439 g/mol. The van der Waals surface area contributed by atoms with Crippen LogP contribution in [0.5, 0.6) is 17.2 Å². The maximum atomic E-state index is 12.5. The average Bonchev–Trinajstić information content (AvgIpc) is 2.86. The molecule has 32 heavy (non-hydrogen) atoms. The molecular formula is C24H29N3O5. The van der Waals surface area contributed by atoms with Crippen LogP contribution in [-0.2, 0) is 9.59 Å². The third-order valence-electron chi connectivity index (χ3n) is 5.74. The molecule has 2 aliphatic heterocycles. The normalized spacial score (nSPS) is 17.6. The second kappa shape index (κ2) is 10.3. The summed E-state index contributed by atoms with van der Waals surface area (Å²) < 4.78 is 16.5. The molecule has 1 N–H and O–H groups in total. The average molecular weight is 440 g/mol. The Balaban J connectivity index is 1.14. The van der Waals surface area contributed by atoms with Crippen LogP contribution in [0.1, 0.15) is 12.8 Å². The summed E-state index contributed by atoms with van der Waals surface area (Å²) >= 11 is 0. The minimum absolute atomic E-state index is 0.125. The summed E-state index contributed by atoms with van der Waals surface area (Å²) in [6, 6.07) is 15.3. The molecule has 170 valence electrons. The second-order valence-corrected chi connectivity index (χ2v) is 7.82. The number of benzene rings is 2. The third-order valence-corrected chi connectivity index (χ3v) is 5.74. The molecule has 1 saturated heterocycles. The Morgan fingerprint density at radius 3 is 2.47 bits per heavy atom. The summed E-state index contributed by atoms with van der Waals surface area (Å²) in [5.41, 5.74) is 1.14. The molecule has 1 atom stereocenters. The largest absolute Gasteiger partial charge is 0.497 e. The Morgan fingerprint density at radius 1 is 1.03 bits per heavy atom. The van der Waals surface area contributed by atoms with Gasteiger partial charge in [-0.05, 0) is 42.8 Å². The van der Waals surface area contributed by atoms with Crippen LogP contribution in [0.15, 0.2) is 48.5 Å². The highest BCUT2D eigenvalue weighted by Gasteiger charge is 2.27. The Kier molecular flexibility index (Phi) is 6.99. The van der Waals surface area contributed by atoms with E-state index in [-0.39, 0.29) is 18.4 Å². The molecule has 0 radical (unpaired) electrons. The summed E-state index contributed by atoms with van der Waals surface area (Å²) in [5.74, 6) is 1.96. The molecule has 4 rings (SSSR count). The number of carbonyl (C=O) groups is 2. The van der Waals surface area contributed by atoms with Crippen molar-refractivity contribution in [1.82, 2.24) is 10.2 Å². The Morgan fingerprint density at radius 2 is 1.75 bits per heavy atom. The lowest BCUT2D eigenvalue weighted by Crippen LogP contribution is -2.49. The number of amides is 2. The highest BCUT2D eigenvalue weighted by molar-refractivity contribution is 5.82. The van der Waals surface area contributed by atoms with Gasteiger partial charge in [0.25, 0.3) is 5.91 Å². The van der Waals surface area contributed by atoms with Crippen molar-refractivity contribution in [2.24, 2.45) is 0 Å². The maximum Gasteiger partial charge on any atom is 0.264 e. The van der Waals surface area contributed by atoms with Gasteiger partial charge in [-0.1, -0.05) is 12.1 Å². The molecule has 0 aliphatic carbocycles. The van der Waals surface area contributed by atoms with E-state index >= 15 is 0 Å². The molecule has 2 aromatic carbocycles. The van der Waals surface area contributed by atoms with Crippen LogP contribution in [0.25, 0.3) is 0 Å². The predicted octanol–water partition coefficient (Wildman–Crippen LogP) is 2.08. The summed E-state index contributed by atoms with van der Waals surface area (Å²) in [5, 5.41) is 2.85. The third kappa shape index (κ3) is 5.25. The first-order valence-electron chi connectivity index (χ1n) is 11.0. The molecule has 0 aromatic heterocycles. The van der Waals surface area contributed by atoms with E-state index in [0.29, 0.717) is 44.0 Å². The topological polar surface area (TPSA) is 80.3 Å². The molecule has 0 bridgehead atoms. The van der Waals surface area contributed by atoms with E-state index in [9.17, 15) is 9.59 Å². The molecule has 0 spiro atoms. The van der Waals surface area contributed by atoms with Crippen LogP contribution >= 0.6 is 0 Å². The number of nitrogens with zero attached hydrogens (tertiary/aromatic N) is 2. The van der Waals surface area contributed by atoms with Gasteiger partial charge in [0, 0.05) is 44.8 Å². The van der Waals surface area contributed by atoms with E-state index in [1.54, 1.807) is 13.2 Å². The highest BCUT2D eigenvalue weighted by atomic mass is 16.6. The lowest BCUT2D eigenvalue weighted by Gasteiger charge is -2.36. The Bertz CT molecular complexity index is 925. The molecule has 2 aromatic rings. The minimum Gasteiger partial charge on any atom is -0.497 e. The summed E-state index contributed by atoms with van der Waals surface area (Å²) in [7, 11) is 1.65. The van der Waals surface area contributed by atoms with Gasteiger partial charge in [0.15, 0.2) is 11.5 Å². The standard InChI is InChI=1S/C24H29N3O5/c1-30-19-10-8-18(9-11-19)26-13-15-27(16-14-26)23(28)7-4-12-25-24(29)22-17-31-20-5-2-3-6-21(20)32-22/h2-3,5-6,8-11,22H,4,7,12-17H2,1H3,(H,25,29)/t22-/m0/s1. The zero-order valence-corrected chi connectivity index (χ0v) is 18.3. The molecule has 2 aliphatic rings. The molecule has 8 nitrogen and oxygen atoms in total. The lowest BCUT2D eigenvalue weighted by molar-refractivity contribution is -0.132. The number of hydrogen-bond acceptors (Lipinski definition) is 6. The van der Waals surface area contributed by atoms with E-state index in [0.717, 1.165) is 24.5 Å². The quantitative estimate of drug-likeness (QED) is 0.666. The number of carbonyl (C=O) groups excluding carboxylic acids is 2. The Hall–Kier alpha value is -3.42. The number of piperazine rings is 1. The number of rotatable bonds is 7. The first kappa shape index (κ1) is 21.8. The van der Waals surface area contributed by atoms with Crippen molar-refractivity contribution in [3.05, 3.63) is 48.5 Å². The summed E-state index contributed by atoms with van der Waals surface area (Å²) in [4.78, 5) is 29.1. The first-order chi connectivity index (χ1) is 15.6. The van der Waals surface area contributed by atoms with Crippen molar-refractivity contribution in [1.29, 1.82) is 0 Å². The molecule has 2 amide bonds. The zero-order valence-electron chi connectivity index (χ0n) is 18.3. The fourth-order valence-corrected chi connectivity index (χ4v) is 3.88. The fraction of sp³-hybridized carbons (Fsp3) is 0.417. The number of methoxy groups -OCH3 is 1. The number of hydrogen-bond donors (Lipinski definition) is 1. The Labute approximate surface area is 188 Å². The van der Waals surface area contributed by atoms with Crippen LogP contribution in [0.3, 0.4) is 0 Å². The highest BCUT2D eigenvalue weighted by Crippen LogP contribution is 2.30. The van der Waals surface area contributed by atoms with Crippen LogP contribution in [0, 0.1) is 0 Å². The number of anilines is 1. The SMILES string of the molecule is COc1ccc(N2CCN(C(=O)CCCNC(=O)[C@@H]3COc4ccccc4O3)CC2)cc1. The van der Waals surface area contributed by atoms with Crippen molar-refractivity contribution in [2.45, 2.75) is 18.9 Å². The summed E-state index contributed by atoms with van der Waals surface area (Å²) in [6.07, 6.45) is 0.327. The van der Waals surface area contributed by atoms with E-state index in [1.165, 1.54) is 0 Å². The number of nitrogens with one attached hydrogen (secondary N) is 1. The van der Waals surface area contributed by atoms with Gasteiger partial charge in [-0.2, -0.15) is 0 Å². The van der Waals surface area contributed by atoms with Crippen molar-refractivity contribution in [2.75, 3.05) is 51.3 Å². The van der Waals surface area contributed by atoms with Crippen LogP contribution in [-0.4, -0.2) is 69.3 Å². The van der Waals surface area contributed by atoms with Gasteiger partial charge in [0.05, 0.1) is 7.11 Å². The smallest absolute Gasteiger partial charge is 0.264 e. The van der Waals surface area contributed by atoms with Gasteiger partial charge in [-0.25, -0.2) is 0 Å². The zero-order chi connectivity index (χ0) is 22.3. The van der Waals surface area contributed by atoms with Crippen molar-refractivity contribution in [3.63, 3.8) is 0 Å². The second-order valence-electron chi connectivity index (χ2n) is 7.82. The number of para-hydroxylation sites is 2. The minimum atomic E-state index is -0.674. The van der Waals surface area contributed by atoms with Gasteiger partial charge < -0.3 is 29.3 Å². The van der Waals surface area contributed by atoms with Crippen molar-refractivity contribution in [3.8, 4) is 17.2 Å². The number of fused-ring (bicyclic) bond motifs is 1. The van der Waals surface area contributed by atoms with Gasteiger partial charge in [-0.15, -0.1) is 0 Å². The van der Waals surface area contributed by atoms with Crippen LogP contribution in [0.4, 0.5) is 5.69 Å². The molecule has 2 heterocycles. The van der Waals surface area contributed by atoms with Crippen LogP contribution in [0.2, 0.25) is 0 Å². The van der Waals surface area contributed by atoms with Gasteiger partial charge in [0.2, 0.25) is 12.0 Å². The van der Waals surface area contributed by atoms with Crippen LogP contribution < -0.4 is 24.4 Å². The fourth-order valence-electron chi connectivity index (χ4n) is 3.88. The van der Waals surface area contributed by atoms with E-state index in [1.807, 2.05) is 47.4 Å². The van der Waals surface area contributed by atoms with E-state index in [4.69, 9.17) is 14.2 Å². The lowest BCUT2D eigenvalue weighted by atomic mass is 10.2. The van der Waals surface area contributed by atoms with Crippen molar-refractivity contribution >= 4 is 17.5 Å². The molecule has 0 unspecified atom stereocenters. The van der Waals surface area contributed by atoms with Gasteiger partial charge in [0.1, 0.15) is 12.4 Å². The van der Waals surface area contributed by atoms with E-state index < -0.39 is 6.10 Å². The summed E-state index contributed by atoms with van der Waals surface area (Å²) in [6.45, 7) is 3.61. The molecule has 8 heteroatoms. The van der Waals surface area contributed by atoms with Gasteiger partial charge >= 0.3 is 0 Å². The number of ether oxygens (including phenoxy) is 3. The van der Waals surface area contributed by atoms with Crippen molar-refractivity contribution < 1.29 is 23.8 Å². The predicted molar refractivity (Wildman–Crippen MR) is 120 cm³/mol.